The van der Waals surface area contributed by atoms with E-state index < -0.39 is 0 Å². The number of thioether (sulfide) groups is 2. The zero-order valence-electron chi connectivity index (χ0n) is 10.4. The molecule has 0 saturated carbocycles. The molecule has 3 saturated heterocycles. The molecule has 0 aromatic rings. The number of carbonyl (C=O) groups is 1. The average molecular weight is 398 g/mol. The molecule has 3 aliphatic rings. The molecule has 2 bridgehead atoms. The lowest BCUT2D eigenvalue weighted by Gasteiger charge is -2.39. The van der Waals surface area contributed by atoms with Gasteiger partial charge in [0.25, 0.3) is 0 Å². The molecular weight excluding hydrogens is 379 g/mol. The summed E-state index contributed by atoms with van der Waals surface area (Å²) in [6, 6.07) is 0.990. The van der Waals surface area contributed by atoms with Crippen LogP contribution in [-0.2, 0) is 4.79 Å². The molecule has 18 heavy (non-hydrogen) atoms. The minimum atomic E-state index is 0.423. The van der Waals surface area contributed by atoms with E-state index in [2.05, 4.69) is 30.9 Å². The molecule has 1 amide bonds. The first kappa shape index (κ1) is 13.8. The third-order valence-corrected chi connectivity index (χ3v) is 7.65. The first-order chi connectivity index (χ1) is 8.74. The van der Waals surface area contributed by atoms with E-state index in [9.17, 15) is 4.79 Å². The lowest BCUT2D eigenvalue weighted by Crippen LogP contribution is -2.53. The highest BCUT2D eigenvalue weighted by Crippen LogP contribution is 2.34. The SMILES string of the molecule is O=C(CC1CSCCS1)N1C2CCC1CN(I)C2. The van der Waals surface area contributed by atoms with Gasteiger partial charge in [-0.2, -0.15) is 23.5 Å². The Balaban J connectivity index is 1.59. The highest BCUT2D eigenvalue weighted by atomic mass is 127. The molecule has 0 N–H and O–H groups in total. The second kappa shape index (κ2) is 6.10. The van der Waals surface area contributed by atoms with Crippen molar-refractivity contribution in [3.63, 3.8) is 0 Å². The second-order valence-corrected chi connectivity index (χ2v) is 9.21. The Morgan fingerprint density at radius 3 is 2.56 bits per heavy atom. The summed E-state index contributed by atoms with van der Waals surface area (Å²) in [6.07, 6.45) is 3.19. The maximum absolute atomic E-state index is 12.5. The van der Waals surface area contributed by atoms with Crippen LogP contribution in [0.25, 0.3) is 0 Å². The predicted molar refractivity (Wildman–Crippen MR) is 87.4 cm³/mol. The molecule has 0 radical (unpaired) electrons. The molecule has 3 heterocycles. The van der Waals surface area contributed by atoms with Gasteiger partial charge in [-0.05, 0) is 12.8 Å². The highest BCUT2D eigenvalue weighted by Gasteiger charge is 2.42. The van der Waals surface area contributed by atoms with Crippen LogP contribution in [0.3, 0.4) is 0 Å². The fourth-order valence-electron chi connectivity index (χ4n) is 3.21. The monoisotopic (exact) mass is 398 g/mol. The molecule has 3 aliphatic heterocycles. The molecule has 3 atom stereocenters. The van der Waals surface area contributed by atoms with Crippen LogP contribution in [0.4, 0.5) is 0 Å². The third kappa shape index (κ3) is 2.96. The molecular formula is C12H19IN2OS2. The van der Waals surface area contributed by atoms with E-state index in [0.29, 0.717) is 23.2 Å². The van der Waals surface area contributed by atoms with Crippen LogP contribution >= 0.6 is 46.4 Å². The van der Waals surface area contributed by atoms with E-state index >= 15 is 0 Å². The molecule has 3 fully saturated rings. The third-order valence-electron chi connectivity index (χ3n) is 4.01. The Kier molecular flexibility index (Phi) is 4.68. The van der Waals surface area contributed by atoms with Crippen LogP contribution in [0.2, 0.25) is 0 Å². The van der Waals surface area contributed by atoms with Crippen molar-refractivity contribution in [2.24, 2.45) is 0 Å². The van der Waals surface area contributed by atoms with Gasteiger partial charge in [-0.15, -0.1) is 0 Å². The Morgan fingerprint density at radius 1 is 1.22 bits per heavy atom. The smallest absolute Gasteiger partial charge is 0.224 e. The Labute approximate surface area is 131 Å². The lowest BCUT2D eigenvalue weighted by atomic mass is 10.2. The molecule has 0 spiro atoms. The van der Waals surface area contributed by atoms with Gasteiger partial charge >= 0.3 is 0 Å². The fourth-order valence-corrected chi connectivity index (χ4v) is 6.79. The molecule has 0 aromatic heterocycles. The minimum absolute atomic E-state index is 0.423. The summed E-state index contributed by atoms with van der Waals surface area (Å²) in [7, 11) is 0. The average Bonchev–Trinajstić information content (AvgIpc) is 2.63. The Hall–Kier alpha value is 0.860. The van der Waals surface area contributed by atoms with Gasteiger partial charge in [-0.25, -0.2) is 3.11 Å². The van der Waals surface area contributed by atoms with Gasteiger partial charge in [0.1, 0.15) is 0 Å². The number of rotatable bonds is 2. The van der Waals surface area contributed by atoms with Crippen molar-refractivity contribution >= 4 is 52.3 Å². The second-order valence-electron chi connectivity index (χ2n) is 5.29. The quantitative estimate of drug-likeness (QED) is 0.526. The maximum atomic E-state index is 12.5. The zero-order valence-corrected chi connectivity index (χ0v) is 14.2. The van der Waals surface area contributed by atoms with Gasteiger partial charge < -0.3 is 4.90 Å². The summed E-state index contributed by atoms with van der Waals surface area (Å²) in [6.45, 7) is 2.13. The van der Waals surface area contributed by atoms with Gasteiger partial charge in [-0.3, -0.25) is 4.79 Å². The number of piperazine rings is 1. The van der Waals surface area contributed by atoms with Crippen molar-refractivity contribution in [2.75, 3.05) is 30.3 Å². The van der Waals surface area contributed by atoms with Gasteiger partial charge in [-0.1, -0.05) is 0 Å². The van der Waals surface area contributed by atoms with Crippen molar-refractivity contribution in [3.8, 4) is 0 Å². The van der Waals surface area contributed by atoms with Crippen molar-refractivity contribution in [1.29, 1.82) is 0 Å². The number of nitrogens with zero attached hydrogens (tertiary/aromatic N) is 2. The first-order valence-corrected chi connectivity index (χ1v) is 9.82. The highest BCUT2D eigenvalue weighted by molar-refractivity contribution is 14.1. The van der Waals surface area contributed by atoms with E-state index in [0.717, 1.165) is 25.3 Å². The van der Waals surface area contributed by atoms with Crippen molar-refractivity contribution in [3.05, 3.63) is 0 Å². The number of hydrogen-bond donors (Lipinski definition) is 0. The molecule has 6 heteroatoms. The Bertz CT molecular complexity index is 311. The molecule has 3 rings (SSSR count). The maximum Gasteiger partial charge on any atom is 0.224 e. The molecule has 0 aliphatic carbocycles. The van der Waals surface area contributed by atoms with Crippen LogP contribution < -0.4 is 0 Å². The molecule has 102 valence electrons. The topological polar surface area (TPSA) is 23.6 Å². The summed E-state index contributed by atoms with van der Waals surface area (Å²) in [5.41, 5.74) is 0. The normalized spacial score (nSPS) is 36.9. The van der Waals surface area contributed by atoms with E-state index in [1.807, 2.05) is 23.5 Å². The summed E-state index contributed by atoms with van der Waals surface area (Å²) in [5, 5.41) is 0.563. The largest absolute Gasteiger partial charge is 0.334 e. The van der Waals surface area contributed by atoms with Crippen LogP contribution in [-0.4, -0.2) is 61.6 Å². The summed E-state index contributed by atoms with van der Waals surface area (Å²) >= 11 is 6.41. The summed E-state index contributed by atoms with van der Waals surface area (Å²) in [5.74, 6) is 4.07. The van der Waals surface area contributed by atoms with E-state index in [1.165, 1.54) is 24.3 Å². The molecule has 3 unspecified atom stereocenters. The number of fused-ring (bicyclic) bond motifs is 2. The number of carbonyl (C=O) groups excluding carboxylic acids is 1. The van der Waals surface area contributed by atoms with E-state index in [4.69, 9.17) is 0 Å². The summed E-state index contributed by atoms with van der Waals surface area (Å²) < 4.78 is 2.36. The van der Waals surface area contributed by atoms with Crippen molar-refractivity contribution in [1.82, 2.24) is 8.01 Å². The molecule has 3 nitrogen and oxygen atoms in total. The van der Waals surface area contributed by atoms with E-state index in [1.54, 1.807) is 0 Å². The van der Waals surface area contributed by atoms with Gasteiger partial charge in [0.2, 0.25) is 5.91 Å². The number of hydrogen-bond acceptors (Lipinski definition) is 4. The number of amides is 1. The van der Waals surface area contributed by atoms with Crippen LogP contribution in [0.15, 0.2) is 0 Å². The predicted octanol–water partition coefficient (Wildman–Crippen LogP) is 2.25. The van der Waals surface area contributed by atoms with Gasteiger partial charge in [0.15, 0.2) is 0 Å². The van der Waals surface area contributed by atoms with Crippen LogP contribution in [0, 0.1) is 0 Å². The molecule has 0 aromatic carbocycles. The number of halogens is 1. The minimum Gasteiger partial charge on any atom is -0.334 e. The van der Waals surface area contributed by atoms with Crippen LogP contribution in [0.5, 0.6) is 0 Å². The van der Waals surface area contributed by atoms with E-state index in [-0.39, 0.29) is 0 Å². The van der Waals surface area contributed by atoms with Crippen molar-refractivity contribution < 1.29 is 4.79 Å². The van der Waals surface area contributed by atoms with Gasteiger partial charge in [0.05, 0.1) is 0 Å². The first-order valence-electron chi connectivity index (χ1n) is 6.65. The van der Waals surface area contributed by atoms with Crippen molar-refractivity contribution in [2.45, 2.75) is 36.6 Å². The Morgan fingerprint density at radius 2 is 1.94 bits per heavy atom. The van der Waals surface area contributed by atoms with Gasteiger partial charge in [0, 0.05) is 77.0 Å². The summed E-state index contributed by atoms with van der Waals surface area (Å²) in [4.78, 5) is 14.7. The van der Waals surface area contributed by atoms with Crippen LogP contribution in [0.1, 0.15) is 19.3 Å². The standard InChI is InChI=1S/C12H19IN2OS2/c13-14-6-9-1-2-10(7-14)15(9)12(16)5-11-8-17-3-4-18-11/h9-11H,1-8H2. The fraction of sp³-hybridized carbons (Fsp3) is 0.917. The zero-order chi connectivity index (χ0) is 12.5. The lowest BCUT2D eigenvalue weighted by molar-refractivity contribution is -0.135.